The summed E-state index contributed by atoms with van der Waals surface area (Å²) in [6, 6.07) is 0. The van der Waals surface area contributed by atoms with Gasteiger partial charge in [-0.2, -0.15) is 0 Å². The van der Waals surface area contributed by atoms with Crippen molar-refractivity contribution in [2.24, 2.45) is 0 Å². The average Bonchev–Trinajstić information content (AvgIpc) is 3.37. The fourth-order valence-corrected chi connectivity index (χ4v) is 8.51. The molecule has 0 aliphatic carbocycles. The van der Waals surface area contributed by atoms with Crippen LogP contribution in [0.1, 0.15) is 194 Å². The van der Waals surface area contributed by atoms with Gasteiger partial charge in [-0.3, -0.25) is 4.79 Å². The molecule has 0 radical (unpaired) electrons. The van der Waals surface area contributed by atoms with Crippen molar-refractivity contribution >= 4 is 5.97 Å². The summed E-state index contributed by atoms with van der Waals surface area (Å²) < 4.78 is 34.3. The van der Waals surface area contributed by atoms with Crippen molar-refractivity contribution in [1.82, 2.24) is 0 Å². The van der Waals surface area contributed by atoms with Crippen molar-refractivity contribution in [3.63, 3.8) is 0 Å². The Morgan fingerprint density at radius 3 is 1.45 bits per heavy atom. The predicted molar refractivity (Wildman–Crippen MR) is 279 cm³/mol. The molecule has 412 valence electrons. The molecule has 14 heteroatoms. The summed E-state index contributed by atoms with van der Waals surface area (Å²) in [5.41, 5.74) is 0. The number of unbranched alkanes of at least 4 members (excludes halogenated alkanes) is 20. The monoisotopic (exact) mass is 1010 g/mol. The smallest absolute Gasteiger partial charge is 0.306 e. The van der Waals surface area contributed by atoms with E-state index in [0.29, 0.717) is 13.0 Å². The number of allylic oxidation sites excluding steroid dienone is 10. The molecule has 2 saturated heterocycles. The van der Waals surface area contributed by atoms with Gasteiger partial charge in [0, 0.05) is 13.0 Å². The molecule has 7 N–H and O–H groups in total. The van der Waals surface area contributed by atoms with Crippen molar-refractivity contribution < 1.29 is 69.0 Å². The largest absolute Gasteiger partial charge is 0.457 e. The van der Waals surface area contributed by atoms with E-state index in [1.54, 1.807) is 0 Å². The molecule has 0 spiro atoms. The molecule has 2 fully saturated rings. The first-order valence-electron chi connectivity index (χ1n) is 27.9. The maximum absolute atomic E-state index is 13.1. The van der Waals surface area contributed by atoms with Crippen molar-refractivity contribution in [1.29, 1.82) is 0 Å². The third-order valence-corrected chi connectivity index (χ3v) is 13.0. The molecule has 0 bridgehead atoms. The van der Waals surface area contributed by atoms with Gasteiger partial charge in [0.25, 0.3) is 0 Å². The molecule has 0 aromatic rings. The lowest BCUT2D eigenvalue weighted by molar-refractivity contribution is -0.332. The summed E-state index contributed by atoms with van der Waals surface area (Å²) in [4.78, 5) is 13.1. The van der Waals surface area contributed by atoms with E-state index in [4.69, 9.17) is 28.4 Å². The zero-order valence-electron chi connectivity index (χ0n) is 43.9. The molecule has 11 atom stereocenters. The average molecular weight is 1010 g/mol. The second-order valence-corrected chi connectivity index (χ2v) is 19.4. The van der Waals surface area contributed by atoms with Gasteiger partial charge in [-0.25, -0.2) is 0 Å². The number of aliphatic hydroxyl groups excluding tert-OH is 7. The lowest BCUT2D eigenvalue weighted by Gasteiger charge is -2.42. The zero-order valence-corrected chi connectivity index (χ0v) is 43.9. The SMILES string of the molecule is CC/C=C\C/C=C\C/C=C\C/C=C\CCCCCCCCCCCCC(=O)OC(COCCCCCCCC/C=C\CCCCCC)COC1OC(COC2OC(CO)C(O)C(O)C2O)C(O)C(O)C1O. The zero-order chi connectivity index (χ0) is 51.6. The number of hydrogen-bond donors (Lipinski definition) is 7. The number of rotatable bonds is 44. The molecular formula is C57H100O14. The third kappa shape index (κ3) is 31.2. The van der Waals surface area contributed by atoms with E-state index in [-0.39, 0.29) is 25.6 Å². The van der Waals surface area contributed by atoms with Gasteiger partial charge in [0.1, 0.15) is 54.9 Å². The Morgan fingerprint density at radius 1 is 0.479 bits per heavy atom. The fourth-order valence-electron chi connectivity index (χ4n) is 8.51. The normalized spacial score (nSPS) is 25.8. The third-order valence-electron chi connectivity index (χ3n) is 13.0. The summed E-state index contributed by atoms with van der Waals surface area (Å²) in [6.07, 6.45) is 37.0. The van der Waals surface area contributed by atoms with Crippen LogP contribution in [0.2, 0.25) is 0 Å². The molecule has 0 aromatic carbocycles. The minimum atomic E-state index is -1.71. The van der Waals surface area contributed by atoms with Gasteiger partial charge in [0.05, 0.1) is 26.4 Å². The first-order chi connectivity index (χ1) is 34.6. The van der Waals surface area contributed by atoms with E-state index in [2.05, 4.69) is 74.6 Å². The van der Waals surface area contributed by atoms with Crippen LogP contribution in [0.5, 0.6) is 0 Å². The Bertz CT molecular complexity index is 1400. The van der Waals surface area contributed by atoms with E-state index in [9.17, 15) is 40.5 Å². The van der Waals surface area contributed by atoms with Crippen LogP contribution in [0.3, 0.4) is 0 Å². The molecular weight excluding hydrogens is 909 g/mol. The number of hydrogen-bond acceptors (Lipinski definition) is 14. The standard InChI is InChI=1S/C57H100O14/c1-3-5-7-9-11-13-15-17-19-20-21-22-23-24-25-26-27-28-30-32-34-36-38-40-49(59)69-46(43-66-41-39-37-35-33-31-29-18-16-14-12-10-8-6-4-2)44-67-56-55(65)53(63)51(61)48(71-56)45-68-57-54(64)52(62)50(60)47(42-58)70-57/h5,7,11,13-14,16-17,19,21-22,46-48,50-58,60-65H,3-4,6,8-10,12,15,18,20,23-45H2,1-2H3/b7-5-,13-11-,16-14-,19-17-,22-21-. The highest BCUT2D eigenvalue weighted by molar-refractivity contribution is 5.69. The summed E-state index contributed by atoms with van der Waals surface area (Å²) in [5.74, 6) is -0.384. The minimum absolute atomic E-state index is 0.0542. The topological polar surface area (TPSA) is 214 Å². The van der Waals surface area contributed by atoms with Crippen molar-refractivity contribution in [3.05, 3.63) is 60.8 Å². The van der Waals surface area contributed by atoms with Crippen LogP contribution in [-0.2, 0) is 33.2 Å². The van der Waals surface area contributed by atoms with Crippen LogP contribution in [0, 0.1) is 0 Å². The van der Waals surface area contributed by atoms with E-state index < -0.39 is 80.7 Å². The predicted octanol–water partition coefficient (Wildman–Crippen LogP) is 9.30. The number of ether oxygens (including phenoxy) is 6. The Labute approximate surface area is 428 Å². The molecule has 0 amide bonds. The minimum Gasteiger partial charge on any atom is -0.457 e. The summed E-state index contributed by atoms with van der Waals surface area (Å²) in [5, 5.41) is 72.2. The first-order valence-corrected chi connectivity index (χ1v) is 27.9. The number of aliphatic hydroxyl groups is 7. The lowest BCUT2D eigenvalue weighted by Crippen LogP contribution is -2.61. The van der Waals surface area contributed by atoms with Crippen LogP contribution < -0.4 is 0 Å². The van der Waals surface area contributed by atoms with Crippen molar-refractivity contribution in [2.75, 3.05) is 33.0 Å². The van der Waals surface area contributed by atoms with Crippen molar-refractivity contribution in [2.45, 2.75) is 261 Å². The molecule has 2 rings (SSSR count). The van der Waals surface area contributed by atoms with Gasteiger partial charge in [-0.15, -0.1) is 0 Å². The molecule has 71 heavy (non-hydrogen) atoms. The summed E-state index contributed by atoms with van der Waals surface area (Å²) in [7, 11) is 0. The molecule has 14 nitrogen and oxygen atoms in total. The molecule has 0 aromatic heterocycles. The maximum atomic E-state index is 13.1. The Morgan fingerprint density at radius 2 is 0.915 bits per heavy atom. The van der Waals surface area contributed by atoms with Crippen LogP contribution in [-0.4, -0.2) is 142 Å². The van der Waals surface area contributed by atoms with E-state index >= 15 is 0 Å². The second kappa shape index (κ2) is 44.0. The molecule has 11 unspecified atom stereocenters. The summed E-state index contributed by atoms with van der Waals surface area (Å²) in [6.45, 7) is 3.55. The number of carbonyl (C=O) groups excluding carboxylic acids is 1. The van der Waals surface area contributed by atoms with Gasteiger partial charge in [0.15, 0.2) is 12.6 Å². The first kappa shape index (κ1) is 64.8. The second-order valence-electron chi connectivity index (χ2n) is 19.4. The van der Waals surface area contributed by atoms with Gasteiger partial charge in [0.2, 0.25) is 0 Å². The maximum Gasteiger partial charge on any atom is 0.306 e. The molecule has 2 heterocycles. The highest BCUT2D eigenvalue weighted by Crippen LogP contribution is 2.26. The van der Waals surface area contributed by atoms with Crippen LogP contribution >= 0.6 is 0 Å². The number of carbonyl (C=O) groups is 1. The molecule has 2 aliphatic rings. The molecule has 0 saturated carbocycles. The fraction of sp³-hybridized carbons (Fsp3) is 0.807. The van der Waals surface area contributed by atoms with E-state index in [0.717, 1.165) is 77.0 Å². The Balaban J connectivity index is 1.72. The summed E-state index contributed by atoms with van der Waals surface area (Å²) >= 11 is 0. The van der Waals surface area contributed by atoms with Crippen molar-refractivity contribution in [3.8, 4) is 0 Å². The Kier molecular flexibility index (Phi) is 40.2. The van der Waals surface area contributed by atoms with Gasteiger partial charge in [-0.05, 0) is 77.0 Å². The van der Waals surface area contributed by atoms with Crippen LogP contribution in [0.4, 0.5) is 0 Å². The van der Waals surface area contributed by atoms with Crippen LogP contribution in [0.15, 0.2) is 60.8 Å². The quantitative estimate of drug-likeness (QED) is 0.0172. The van der Waals surface area contributed by atoms with Crippen LogP contribution in [0.25, 0.3) is 0 Å². The van der Waals surface area contributed by atoms with Gasteiger partial charge in [-0.1, -0.05) is 171 Å². The lowest BCUT2D eigenvalue weighted by atomic mass is 9.98. The highest BCUT2D eigenvalue weighted by Gasteiger charge is 2.47. The highest BCUT2D eigenvalue weighted by atomic mass is 16.7. The Hall–Kier alpha value is -2.31. The number of esters is 1. The van der Waals surface area contributed by atoms with E-state index in [1.165, 1.54) is 89.9 Å². The molecule has 2 aliphatic heterocycles. The van der Waals surface area contributed by atoms with Gasteiger partial charge >= 0.3 is 5.97 Å². The van der Waals surface area contributed by atoms with E-state index in [1.807, 2.05) is 0 Å². The van der Waals surface area contributed by atoms with Gasteiger partial charge < -0.3 is 64.2 Å².